The van der Waals surface area contributed by atoms with Gasteiger partial charge in [0.2, 0.25) is 41.4 Å². The predicted molar refractivity (Wildman–Crippen MR) is 278 cm³/mol. The maximum atomic E-state index is 14.8. The Balaban J connectivity index is 1.54. The van der Waals surface area contributed by atoms with E-state index in [9.17, 15) is 52.6 Å². The van der Waals surface area contributed by atoms with Crippen LogP contribution in [0.2, 0.25) is 0 Å². The quantitative estimate of drug-likeness (QED) is 0.0439. The topological polar surface area (TPSA) is 408 Å². The summed E-state index contributed by atoms with van der Waals surface area (Å²) in [6, 6.07) is 5.73. The van der Waals surface area contributed by atoms with Gasteiger partial charge in [0.1, 0.15) is 35.8 Å². The number of Topliss-reactive ketones (excluding diaryl/α,β-unsaturated/α-hetero) is 2. The number of nitrogens with zero attached hydrogens (tertiary/aromatic N) is 3. The largest absolute Gasteiger partial charge is 0.391 e. The van der Waals surface area contributed by atoms with Crippen LogP contribution in [0.1, 0.15) is 88.7 Å². The van der Waals surface area contributed by atoms with Crippen LogP contribution in [0.15, 0.2) is 64.7 Å². The number of para-hydroxylation sites is 1. The van der Waals surface area contributed by atoms with Crippen molar-refractivity contribution in [2.45, 2.75) is 127 Å². The summed E-state index contributed by atoms with van der Waals surface area (Å²) in [6.07, 6.45) is -0.945. The summed E-state index contributed by atoms with van der Waals surface area (Å²) in [5.41, 5.74) is 29.7. The Morgan fingerprint density at radius 1 is 0.842 bits per heavy atom. The number of carbonyl (C=O) groups is 9. The number of ketones is 2. The fourth-order valence-electron chi connectivity index (χ4n) is 9.44. The van der Waals surface area contributed by atoms with Crippen LogP contribution in [0.3, 0.4) is 0 Å². The Morgan fingerprint density at radius 2 is 1.53 bits per heavy atom. The molecule has 0 radical (unpaired) electrons. The Labute approximate surface area is 438 Å². The first-order valence-electron chi connectivity index (χ1n) is 25.4. The minimum Gasteiger partial charge on any atom is -0.391 e. The molecule has 2 saturated heterocycles. The van der Waals surface area contributed by atoms with Crippen molar-refractivity contribution in [3.8, 4) is 0 Å². The van der Waals surface area contributed by atoms with Crippen LogP contribution in [0.25, 0.3) is 10.9 Å². The first kappa shape index (κ1) is 58.9. The van der Waals surface area contributed by atoms with Crippen molar-refractivity contribution in [2.75, 3.05) is 26.2 Å². The first-order chi connectivity index (χ1) is 36.2. The van der Waals surface area contributed by atoms with Crippen molar-refractivity contribution in [3.63, 3.8) is 0 Å². The molecule has 2 aliphatic rings. The number of aliphatic hydroxyl groups is 1. The first-order valence-corrected chi connectivity index (χ1v) is 25.4. The molecule has 0 aliphatic carbocycles. The Hall–Kier alpha value is -7.96. The number of halogens is 1. The van der Waals surface area contributed by atoms with Gasteiger partial charge in [-0.1, -0.05) is 30.3 Å². The van der Waals surface area contributed by atoms with E-state index in [4.69, 9.17) is 28.7 Å². The number of hydrogen-bond donors (Lipinski definition) is 12. The lowest BCUT2D eigenvalue weighted by atomic mass is 9.83. The van der Waals surface area contributed by atoms with Crippen molar-refractivity contribution in [3.05, 3.63) is 71.7 Å². The third kappa shape index (κ3) is 18.2. The van der Waals surface area contributed by atoms with Crippen molar-refractivity contribution in [2.24, 2.45) is 50.5 Å². The minimum atomic E-state index is -1.51. The number of aromatic nitrogens is 1. The number of aromatic amines is 1. The normalized spacial score (nSPS) is 23.0. The van der Waals surface area contributed by atoms with Gasteiger partial charge in [-0.05, 0) is 87.1 Å². The number of aliphatic imine (C=N–C) groups is 2. The van der Waals surface area contributed by atoms with E-state index in [1.54, 1.807) is 6.20 Å². The number of nitrogens with one attached hydrogen (secondary N) is 6. The SMILES string of the molecule is CC(=O)N[C@@H](CCCN=C(N)N)C(=O)N[C@H]1CCC(=O)NCCC[C@@H](C(N)=O)NC(=O)[C@H](Cc2c[nH]c3ccccc23)CC(=O)[C@H](CCCN=C(N)N)CC(=O)[C@@H](Cc2ccc(F)cc2)NC(=O)[C@@H]2C[C@@H](O)CN2C1=O. The molecule has 3 aromatic rings. The summed E-state index contributed by atoms with van der Waals surface area (Å²) in [5.74, 6) is -9.53. The number of fused-ring (bicyclic) bond motifs is 2. The monoisotopic (exact) mass is 1060 g/mol. The van der Waals surface area contributed by atoms with E-state index in [2.05, 4.69) is 41.6 Å². The number of carbonyl (C=O) groups excluding carboxylic acids is 9. The molecule has 2 aliphatic heterocycles. The minimum absolute atomic E-state index is 0.0175. The number of benzene rings is 2. The summed E-state index contributed by atoms with van der Waals surface area (Å²) in [5, 5.41) is 25.1. The molecule has 3 heterocycles. The van der Waals surface area contributed by atoms with Crippen LogP contribution in [-0.4, -0.2) is 142 Å². The van der Waals surface area contributed by atoms with Gasteiger partial charge in [-0.2, -0.15) is 0 Å². The van der Waals surface area contributed by atoms with Gasteiger partial charge < -0.3 is 70.2 Å². The summed E-state index contributed by atoms with van der Waals surface area (Å²) in [6.45, 7) is 0.973. The molecule has 2 aromatic carbocycles. The average molecular weight is 1060 g/mol. The number of amides is 7. The highest BCUT2D eigenvalue weighted by molar-refractivity contribution is 5.98. The van der Waals surface area contributed by atoms with Crippen molar-refractivity contribution >= 4 is 75.7 Å². The van der Waals surface area contributed by atoms with Crippen molar-refractivity contribution in [1.82, 2.24) is 36.5 Å². The third-order valence-corrected chi connectivity index (χ3v) is 13.4. The smallest absolute Gasteiger partial charge is 0.245 e. The molecule has 1 aromatic heterocycles. The lowest BCUT2D eigenvalue weighted by Crippen LogP contribution is -2.57. The van der Waals surface area contributed by atoms with E-state index in [0.717, 1.165) is 15.8 Å². The molecule has 7 amide bonds. The summed E-state index contributed by atoms with van der Waals surface area (Å²) in [4.78, 5) is 138. The zero-order chi connectivity index (χ0) is 55.5. The van der Waals surface area contributed by atoms with Crippen LogP contribution in [0, 0.1) is 17.7 Å². The van der Waals surface area contributed by atoms with E-state index < -0.39 is 120 Å². The Bertz CT molecular complexity index is 2620. The van der Waals surface area contributed by atoms with Gasteiger partial charge in [0.15, 0.2) is 17.7 Å². The van der Waals surface area contributed by atoms with Crippen LogP contribution < -0.4 is 55.3 Å². The van der Waals surface area contributed by atoms with E-state index in [0.29, 0.717) is 11.1 Å². The fourth-order valence-corrected chi connectivity index (χ4v) is 9.44. The maximum absolute atomic E-state index is 14.8. The third-order valence-electron chi connectivity index (χ3n) is 13.4. The van der Waals surface area contributed by atoms with Gasteiger partial charge in [-0.3, -0.25) is 53.1 Å². The molecule has 17 N–H and O–H groups in total. The molecule has 5 rings (SSSR count). The van der Waals surface area contributed by atoms with Gasteiger partial charge in [0.05, 0.1) is 12.1 Å². The van der Waals surface area contributed by atoms with Gasteiger partial charge in [-0.25, -0.2) is 4.39 Å². The molecular formula is C51H71FN14O10. The molecule has 76 heavy (non-hydrogen) atoms. The van der Waals surface area contributed by atoms with Gasteiger partial charge in [0.25, 0.3) is 0 Å². The summed E-state index contributed by atoms with van der Waals surface area (Å²) < 4.78 is 14.2. The zero-order valence-electron chi connectivity index (χ0n) is 42.6. The summed E-state index contributed by atoms with van der Waals surface area (Å²) >= 11 is 0. The number of guanidine groups is 2. The second-order valence-corrected chi connectivity index (χ2v) is 19.3. The van der Waals surface area contributed by atoms with Crippen LogP contribution in [-0.2, 0) is 56.0 Å². The van der Waals surface area contributed by atoms with Gasteiger partial charge in [0, 0.05) is 87.7 Å². The number of nitrogens with two attached hydrogens (primary N) is 5. The molecule has 0 saturated carbocycles. The average Bonchev–Trinajstić information content (AvgIpc) is 3.97. The molecule has 25 heteroatoms. The highest BCUT2D eigenvalue weighted by atomic mass is 19.1. The summed E-state index contributed by atoms with van der Waals surface area (Å²) in [7, 11) is 0. The van der Waals surface area contributed by atoms with Gasteiger partial charge >= 0.3 is 0 Å². The number of aliphatic hydroxyl groups excluding tert-OH is 1. The van der Waals surface area contributed by atoms with E-state index >= 15 is 0 Å². The van der Waals surface area contributed by atoms with Crippen LogP contribution >= 0.6 is 0 Å². The van der Waals surface area contributed by atoms with Crippen LogP contribution in [0.4, 0.5) is 4.39 Å². The zero-order valence-corrected chi connectivity index (χ0v) is 42.6. The maximum Gasteiger partial charge on any atom is 0.245 e. The van der Waals surface area contributed by atoms with Crippen LogP contribution in [0.5, 0.6) is 0 Å². The standard InChI is InChI=1S/C51H71FN14O10/c1-28(67)62-38(11-6-20-60-51(56)57)47(74)64-39-16-17-44(71)58-18-5-10-37(45(53)72)63-46(73)31(22-32-26-61-36-9-3-2-8-35(32)36)24-42(69)30(7-4-19-59-50(54)55)23-43(70)40(21-29-12-14-33(52)15-13-29)65-48(75)41-25-34(68)27-66(41)49(39)76/h2-3,8-9,12-15,26,30-31,34,37-41,61,68H,4-7,10-11,16-25,27H2,1H3,(H2,53,72)(H,58,71)(H,62,67)(H,63,73)(H,64,74)(H,65,75)(H4,54,55,59)(H4,56,57,60)/t30-,31-,34-,37+,38+,39+,40-,41+/m1/s1. The molecule has 2 fully saturated rings. The van der Waals surface area contributed by atoms with Crippen molar-refractivity contribution in [1.29, 1.82) is 0 Å². The molecule has 0 bridgehead atoms. The van der Waals surface area contributed by atoms with Gasteiger partial charge in [-0.15, -0.1) is 0 Å². The second kappa shape index (κ2) is 28.6. The molecule has 0 spiro atoms. The Kier molecular flexibility index (Phi) is 22.2. The predicted octanol–water partition coefficient (Wildman–Crippen LogP) is -1.55. The molecule has 0 unspecified atom stereocenters. The number of hydrogen-bond acceptors (Lipinski definition) is 12. The fraction of sp³-hybridized carbons (Fsp3) is 0.510. The highest BCUT2D eigenvalue weighted by Crippen LogP contribution is 2.27. The van der Waals surface area contributed by atoms with Crippen molar-refractivity contribution < 1.29 is 52.6 Å². The molecule has 8 atom stereocenters. The lowest BCUT2D eigenvalue weighted by Gasteiger charge is -2.30. The number of rotatable bonds is 16. The Morgan fingerprint density at radius 3 is 2.21 bits per heavy atom. The molecule has 412 valence electrons. The lowest BCUT2D eigenvalue weighted by molar-refractivity contribution is -0.143. The number of H-pyrrole nitrogens is 1. The van der Waals surface area contributed by atoms with E-state index in [1.165, 1.54) is 31.2 Å². The molecular weight excluding hydrogens is 988 g/mol. The molecule has 24 nitrogen and oxygen atoms in total. The van der Waals surface area contributed by atoms with E-state index in [-0.39, 0.29) is 109 Å². The highest BCUT2D eigenvalue weighted by Gasteiger charge is 2.43. The second-order valence-electron chi connectivity index (χ2n) is 19.3. The van der Waals surface area contributed by atoms with E-state index in [1.807, 2.05) is 24.3 Å². The number of primary amides is 1.